The Morgan fingerprint density at radius 3 is 2.35 bits per heavy atom. The molecule has 0 amide bonds. The van der Waals surface area contributed by atoms with Gasteiger partial charge in [0, 0.05) is 16.7 Å². The average Bonchev–Trinajstić information content (AvgIpc) is 2.41. The van der Waals surface area contributed by atoms with Gasteiger partial charge in [-0.2, -0.15) is 0 Å². The van der Waals surface area contributed by atoms with Crippen molar-refractivity contribution in [1.82, 2.24) is 0 Å². The number of ether oxygens (including phenoxy) is 1. The highest BCUT2D eigenvalue weighted by Crippen LogP contribution is 2.33. The van der Waals surface area contributed by atoms with Gasteiger partial charge in [0.25, 0.3) is 5.24 Å². The van der Waals surface area contributed by atoms with Crippen LogP contribution in [0, 0.1) is 10.1 Å². The molecule has 5 nitrogen and oxygen atoms in total. The van der Waals surface area contributed by atoms with E-state index in [0.29, 0.717) is 11.3 Å². The van der Waals surface area contributed by atoms with Crippen LogP contribution in [0.15, 0.2) is 42.5 Å². The maximum Gasteiger partial charge on any atom is 0.313 e. The first-order valence-electron chi connectivity index (χ1n) is 5.39. The van der Waals surface area contributed by atoms with Crippen molar-refractivity contribution in [3.05, 3.63) is 63.2 Å². The van der Waals surface area contributed by atoms with E-state index in [9.17, 15) is 14.9 Å². The Morgan fingerprint density at radius 1 is 1.15 bits per heavy atom. The molecule has 0 aliphatic heterocycles. The maximum absolute atomic E-state index is 10.9. The van der Waals surface area contributed by atoms with E-state index >= 15 is 0 Å². The fourth-order valence-electron chi connectivity index (χ4n) is 1.50. The van der Waals surface area contributed by atoms with Gasteiger partial charge in [0.15, 0.2) is 0 Å². The number of rotatable bonds is 4. The zero-order valence-corrected chi connectivity index (χ0v) is 11.4. The lowest BCUT2D eigenvalue weighted by Crippen LogP contribution is -1.94. The lowest BCUT2D eigenvalue weighted by Gasteiger charge is -2.06. The summed E-state index contributed by atoms with van der Waals surface area (Å²) >= 11 is 11.0. The first-order chi connectivity index (χ1) is 9.47. The summed E-state index contributed by atoms with van der Waals surface area (Å²) in [6.07, 6.45) is 0. The number of carbonyl (C=O) groups is 1. The topological polar surface area (TPSA) is 69.4 Å². The molecule has 20 heavy (non-hydrogen) atoms. The summed E-state index contributed by atoms with van der Waals surface area (Å²) in [7, 11) is 0. The van der Waals surface area contributed by atoms with Gasteiger partial charge >= 0.3 is 5.69 Å². The van der Waals surface area contributed by atoms with Crippen molar-refractivity contribution in [2.24, 2.45) is 0 Å². The third-order valence-electron chi connectivity index (χ3n) is 2.43. The SMILES string of the molecule is O=C(Cl)c1ccc(Oc2ccc(Cl)cc2[N+](=O)[O-])cc1. The first kappa shape index (κ1) is 14.3. The molecule has 0 aromatic heterocycles. The summed E-state index contributed by atoms with van der Waals surface area (Å²) in [5.74, 6) is 0.404. The molecule has 0 saturated heterocycles. The Bertz CT molecular complexity index is 671. The van der Waals surface area contributed by atoms with Crippen LogP contribution in [0.5, 0.6) is 11.5 Å². The van der Waals surface area contributed by atoms with Gasteiger partial charge in [0.2, 0.25) is 5.75 Å². The van der Waals surface area contributed by atoms with Gasteiger partial charge < -0.3 is 4.74 Å². The van der Waals surface area contributed by atoms with E-state index in [0.717, 1.165) is 0 Å². The van der Waals surface area contributed by atoms with Gasteiger partial charge in [-0.3, -0.25) is 14.9 Å². The van der Waals surface area contributed by atoms with Crippen molar-refractivity contribution in [2.45, 2.75) is 0 Å². The van der Waals surface area contributed by atoms with E-state index in [1.165, 1.54) is 42.5 Å². The van der Waals surface area contributed by atoms with E-state index in [1.807, 2.05) is 0 Å². The molecule has 0 unspecified atom stereocenters. The molecule has 102 valence electrons. The largest absolute Gasteiger partial charge is 0.450 e. The molecule has 0 aliphatic carbocycles. The lowest BCUT2D eigenvalue weighted by molar-refractivity contribution is -0.385. The molecule has 0 saturated carbocycles. The molecule has 7 heteroatoms. The van der Waals surface area contributed by atoms with E-state index in [1.54, 1.807) is 0 Å². The highest BCUT2D eigenvalue weighted by atomic mass is 35.5. The monoisotopic (exact) mass is 311 g/mol. The number of nitrogens with zero attached hydrogens (tertiary/aromatic N) is 1. The number of halogens is 2. The Balaban J connectivity index is 2.30. The van der Waals surface area contributed by atoms with Crippen molar-refractivity contribution in [3.8, 4) is 11.5 Å². The van der Waals surface area contributed by atoms with Crippen molar-refractivity contribution in [1.29, 1.82) is 0 Å². The van der Waals surface area contributed by atoms with Crippen LogP contribution in [0.1, 0.15) is 10.4 Å². The highest BCUT2D eigenvalue weighted by Gasteiger charge is 2.16. The van der Waals surface area contributed by atoms with Gasteiger partial charge in [-0.1, -0.05) is 11.6 Å². The molecule has 2 rings (SSSR count). The van der Waals surface area contributed by atoms with Crippen LogP contribution in [0.25, 0.3) is 0 Å². The van der Waals surface area contributed by atoms with Gasteiger partial charge in [-0.25, -0.2) is 0 Å². The van der Waals surface area contributed by atoms with Crippen LogP contribution in [0.4, 0.5) is 5.69 Å². The van der Waals surface area contributed by atoms with Crippen molar-refractivity contribution in [3.63, 3.8) is 0 Å². The van der Waals surface area contributed by atoms with Gasteiger partial charge in [-0.05, 0) is 48.0 Å². The quantitative estimate of drug-likeness (QED) is 0.476. The Hall–Kier alpha value is -2.11. The summed E-state index contributed by atoms with van der Waals surface area (Å²) in [5, 5.41) is 10.6. The zero-order valence-electron chi connectivity index (χ0n) is 9.88. The fourth-order valence-corrected chi connectivity index (χ4v) is 1.79. The van der Waals surface area contributed by atoms with E-state index in [2.05, 4.69) is 0 Å². The third-order valence-corrected chi connectivity index (χ3v) is 2.88. The molecule has 2 aromatic rings. The first-order valence-corrected chi connectivity index (χ1v) is 6.14. The second kappa shape index (κ2) is 5.90. The normalized spacial score (nSPS) is 10.1. The van der Waals surface area contributed by atoms with E-state index < -0.39 is 10.2 Å². The molecule has 0 heterocycles. The number of hydrogen-bond acceptors (Lipinski definition) is 4. The molecular weight excluding hydrogens is 305 g/mol. The number of benzene rings is 2. The molecule has 0 N–H and O–H groups in total. The van der Waals surface area contributed by atoms with Crippen molar-refractivity contribution < 1.29 is 14.5 Å². The summed E-state index contributed by atoms with van der Waals surface area (Å²) in [4.78, 5) is 21.2. The fraction of sp³-hybridized carbons (Fsp3) is 0. The van der Waals surface area contributed by atoms with Crippen LogP contribution < -0.4 is 4.74 Å². The van der Waals surface area contributed by atoms with Crippen LogP contribution in [0.2, 0.25) is 5.02 Å². The second-order valence-electron chi connectivity index (χ2n) is 3.77. The smallest absolute Gasteiger partial charge is 0.313 e. The number of nitro benzene ring substituents is 1. The molecule has 0 spiro atoms. The molecule has 2 aromatic carbocycles. The minimum absolute atomic E-state index is 0.0596. The number of hydrogen-bond donors (Lipinski definition) is 0. The number of nitro groups is 1. The van der Waals surface area contributed by atoms with Crippen molar-refractivity contribution >= 4 is 34.1 Å². The lowest BCUT2D eigenvalue weighted by atomic mass is 10.2. The van der Waals surface area contributed by atoms with Gasteiger partial charge in [-0.15, -0.1) is 0 Å². The minimum atomic E-state index is -0.589. The van der Waals surface area contributed by atoms with Crippen LogP contribution in [-0.2, 0) is 0 Å². The van der Waals surface area contributed by atoms with E-state index in [-0.39, 0.29) is 16.5 Å². The molecule has 0 atom stereocenters. The number of carbonyl (C=O) groups excluding carboxylic acids is 1. The Morgan fingerprint density at radius 2 is 1.80 bits per heavy atom. The van der Waals surface area contributed by atoms with Crippen LogP contribution in [0.3, 0.4) is 0 Å². The van der Waals surface area contributed by atoms with Crippen LogP contribution >= 0.6 is 23.2 Å². The average molecular weight is 312 g/mol. The molecular formula is C13H7Cl2NO4. The van der Waals surface area contributed by atoms with E-state index in [4.69, 9.17) is 27.9 Å². The molecule has 0 radical (unpaired) electrons. The summed E-state index contributed by atoms with van der Waals surface area (Å²) in [6.45, 7) is 0. The summed E-state index contributed by atoms with van der Waals surface area (Å²) < 4.78 is 5.41. The van der Waals surface area contributed by atoms with Gasteiger partial charge in [0.1, 0.15) is 5.75 Å². The molecule has 0 aliphatic rings. The van der Waals surface area contributed by atoms with Crippen molar-refractivity contribution in [2.75, 3.05) is 0 Å². The van der Waals surface area contributed by atoms with Crippen LogP contribution in [-0.4, -0.2) is 10.2 Å². The highest BCUT2D eigenvalue weighted by molar-refractivity contribution is 6.67. The molecule has 0 fully saturated rings. The van der Waals surface area contributed by atoms with Gasteiger partial charge in [0.05, 0.1) is 4.92 Å². The minimum Gasteiger partial charge on any atom is -0.450 e. The molecule has 0 bridgehead atoms. The third kappa shape index (κ3) is 3.26. The maximum atomic E-state index is 10.9. The second-order valence-corrected chi connectivity index (χ2v) is 4.55. The summed E-state index contributed by atoms with van der Waals surface area (Å²) in [6, 6.07) is 10.0. The summed E-state index contributed by atoms with van der Waals surface area (Å²) in [5.41, 5.74) is 0.0691. The predicted molar refractivity (Wildman–Crippen MR) is 74.8 cm³/mol. The predicted octanol–water partition coefficient (Wildman–Crippen LogP) is 4.42. The Kier molecular flexibility index (Phi) is 4.22. The zero-order chi connectivity index (χ0) is 14.7. The Labute approximate surface area is 123 Å². The standard InChI is InChI=1S/C13H7Cl2NO4/c14-9-3-6-12(11(7-9)16(18)19)20-10-4-1-8(2-5-10)13(15)17/h1-7H.